The van der Waals surface area contributed by atoms with Crippen molar-refractivity contribution >= 4 is 33.3 Å². The van der Waals surface area contributed by atoms with Gasteiger partial charge in [-0.1, -0.05) is 29.8 Å². The number of benzene rings is 2. The van der Waals surface area contributed by atoms with Crippen molar-refractivity contribution in [3.8, 4) is 5.75 Å². The maximum Gasteiger partial charge on any atom is 0.340 e. The number of hydrogen-bond donors (Lipinski definition) is 1. The van der Waals surface area contributed by atoms with Crippen LogP contribution in [0.5, 0.6) is 5.75 Å². The van der Waals surface area contributed by atoms with Crippen molar-refractivity contribution in [2.45, 2.75) is 4.90 Å². The van der Waals surface area contributed by atoms with Gasteiger partial charge in [0.2, 0.25) is 0 Å². The highest BCUT2D eigenvalue weighted by molar-refractivity contribution is 7.87. The van der Waals surface area contributed by atoms with Crippen LogP contribution in [0.1, 0.15) is 10.4 Å². The van der Waals surface area contributed by atoms with E-state index >= 15 is 0 Å². The van der Waals surface area contributed by atoms with Gasteiger partial charge in [-0.05, 0) is 48.5 Å². The van der Waals surface area contributed by atoms with E-state index < -0.39 is 10.1 Å². The van der Waals surface area contributed by atoms with Gasteiger partial charge < -0.3 is 9.50 Å². The van der Waals surface area contributed by atoms with Crippen LogP contribution in [0.3, 0.4) is 0 Å². The molecular weight excluding hydrogens is 376 g/mol. The first-order chi connectivity index (χ1) is 12.4. The van der Waals surface area contributed by atoms with E-state index in [0.29, 0.717) is 11.3 Å². The van der Waals surface area contributed by atoms with Gasteiger partial charge in [-0.25, -0.2) is 4.98 Å². The number of carbonyl (C=O) groups is 1. The summed E-state index contributed by atoms with van der Waals surface area (Å²) in [4.78, 5) is 15.7. The molecular formula is C18H13ClN2O4S. The van der Waals surface area contributed by atoms with Crippen molar-refractivity contribution in [3.63, 3.8) is 0 Å². The molecule has 0 radical (unpaired) electrons. The van der Waals surface area contributed by atoms with Crippen LogP contribution < -0.4 is 9.50 Å². The molecule has 1 amide bonds. The fraction of sp³-hybridized carbons (Fsp3) is 0. The van der Waals surface area contributed by atoms with Gasteiger partial charge in [0.05, 0.1) is 6.20 Å². The Morgan fingerprint density at radius 2 is 1.65 bits per heavy atom. The Bertz CT molecular complexity index is 1010. The number of hydrogen-bond acceptors (Lipinski definition) is 5. The summed E-state index contributed by atoms with van der Waals surface area (Å²) < 4.78 is 29.4. The number of nitrogens with zero attached hydrogens (tertiary/aromatic N) is 1. The van der Waals surface area contributed by atoms with Crippen molar-refractivity contribution < 1.29 is 17.4 Å². The van der Waals surface area contributed by atoms with Gasteiger partial charge in [0.25, 0.3) is 5.91 Å². The highest BCUT2D eigenvalue weighted by atomic mass is 35.5. The molecule has 132 valence electrons. The van der Waals surface area contributed by atoms with E-state index in [1.807, 2.05) is 6.07 Å². The number of pyridine rings is 1. The molecule has 3 aromatic rings. The van der Waals surface area contributed by atoms with Crippen LogP contribution in [-0.4, -0.2) is 19.3 Å². The molecule has 26 heavy (non-hydrogen) atoms. The number of carbonyl (C=O) groups excluding carboxylic acids is 1. The predicted octanol–water partition coefficient (Wildman–Crippen LogP) is 3.76. The molecule has 0 saturated carbocycles. The van der Waals surface area contributed by atoms with E-state index in [4.69, 9.17) is 15.8 Å². The lowest BCUT2D eigenvalue weighted by atomic mass is 10.2. The van der Waals surface area contributed by atoms with Gasteiger partial charge in [0.1, 0.15) is 15.8 Å². The lowest BCUT2D eigenvalue weighted by Gasteiger charge is -2.08. The summed E-state index contributed by atoms with van der Waals surface area (Å²) in [7, 11) is -4.02. The average molecular weight is 389 g/mol. The van der Waals surface area contributed by atoms with Gasteiger partial charge in [-0.2, -0.15) is 8.42 Å². The molecule has 1 heterocycles. The number of rotatable bonds is 5. The molecule has 8 heteroatoms. The van der Waals surface area contributed by atoms with Crippen LogP contribution in [0.15, 0.2) is 77.8 Å². The Balaban J connectivity index is 1.69. The number of anilines is 1. The second-order valence-corrected chi connectivity index (χ2v) is 7.13. The minimum absolute atomic E-state index is 0.108. The Morgan fingerprint density at radius 3 is 2.27 bits per heavy atom. The van der Waals surface area contributed by atoms with Crippen LogP contribution in [0.2, 0.25) is 5.15 Å². The molecule has 2 aromatic carbocycles. The zero-order valence-corrected chi connectivity index (χ0v) is 14.9. The van der Waals surface area contributed by atoms with E-state index in [2.05, 4.69) is 10.3 Å². The van der Waals surface area contributed by atoms with Crippen molar-refractivity contribution in [2.24, 2.45) is 0 Å². The number of halogens is 1. The molecule has 0 atom stereocenters. The molecule has 1 aromatic heterocycles. The molecule has 0 aliphatic heterocycles. The van der Waals surface area contributed by atoms with Crippen molar-refractivity contribution in [1.82, 2.24) is 4.98 Å². The Hall–Kier alpha value is -2.90. The summed E-state index contributed by atoms with van der Waals surface area (Å²) in [5, 5.41) is 2.90. The average Bonchev–Trinajstić information content (AvgIpc) is 2.64. The molecule has 0 unspecified atom stereocenters. The lowest BCUT2D eigenvalue weighted by Crippen LogP contribution is -2.12. The van der Waals surface area contributed by atoms with Gasteiger partial charge >= 0.3 is 10.1 Å². The van der Waals surface area contributed by atoms with E-state index in [0.717, 1.165) is 6.20 Å². The molecule has 0 bridgehead atoms. The summed E-state index contributed by atoms with van der Waals surface area (Å²) in [6.45, 7) is 0. The monoisotopic (exact) mass is 388 g/mol. The summed E-state index contributed by atoms with van der Waals surface area (Å²) >= 11 is 5.64. The van der Waals surface area contributed by atoms with E-state index in [-0.39, 0.29) is 21.7 Å². The number of amides is 1. The first-order valence-electron chi connectivity index (χ1n) is 7.46. The van der Waals surface area contributed by atoms with Crippen molar-refractivity contribution in [2.75, 3.05) is 5.32 Å². The second-order valence-electron chi connectivity index (χ2n) is 5.20. The van der Waals surface area contributed by atoms with E-state index in [9.17, 15) is 13.2 Å². The third kappa shape index (κ3) is 4.38. The zero-order valence-electron chi connectivity index (χ0n) is 13.3. The quantitative estimate of drug-likeness (QED) is 0.531. The maximum absolute atomic E-state index is 12.2. The third-order valence-corrected chi connectivity index (χ3v) is 4.80. The Labute approximate surface area is 155 Å². The largest absolute Gasteiger partial charge is 0.379 e. The fourth-order valence-corrected chi connectivity index (χ4v) is 3.06. The Morgan fingerprint density at radius 1 is 0.962 bits per heavy atom. The zero-order chi connectivity index (χ0) is 18.6. The molecule has 0 fully saturated rings. The van der Waals surface area contributed by atoms with Gasteiger partial charge in [-0.3, -0.25) is 4.79 Å². The van der Waals surface area contributed by atoms with Crippen LogP contribution in [0.4, 0.5) is 5.69 Å². The molecule has 6 nitrogen and oxygen atoms in total. The SMILES string of the molecule is O=C(Nc1ccc(OS(=O)(=O)c2ccc(Cl)nc2)cc1)c1ccccc1. The summed E-state index contributed by atoms with van der Waals surface area (Å²) in [5.74, 6) is -0.156. The number of nitrogens with one attached hydrogen (secondary N) is 1. The minimum Gasteiger partial charge on any atom is -0.379 e. The lowest BCUT2D eigenvalue weighted by molar-refractivity contribution is 0.102. The predicted molar refractivity (Wildman–Crippen MR) is 97.9 cm³/mol. The summed E-state index contributed by atoms with van der Waals surface area (Å²) in [6, 6.07) is 17.4. The molecule has 1 N–H and O–H groups in total. The number of aromatic nitrogens is 1. The third-order valence-electron chi connectivity index (χ3n) is 3.34. The molecule has 0 aliphatic rings. The first kappa shape index (κ1) is 17.9. The Kier molecular flexibility index (Phi) is 5.20. The highest BCUT2D eigenvalue weighted by Gasteiger charge is 2.17. The summed E-state index contributed by atoms with van der Waals surface area (Å²) in [6.07, 6.45) is 1.12. The summed E-state index contributed by atoms with van der Waals surface area (Å²) in [5.41, 5.74) is 1.03. The maximum atomic E-state index is 12.2. The van der Waals surface area contributed by atoms with Crippen molar-refractivity contribution in [3.05, 3.63) is 83.6 Å². The standard InChI is InChI=1S/C18H13ClN2O4S/c19-17-11-10-16(12-20-17)26(23,24)25-15-8-6-14(7-9-15)21-18(22)13-4-2-1-3-5-13/h1-12H,(H,21,22). The minimum atomic E-state index is -4.02. The second kappa shape index (κ2) is 7.55. The van der Waals surface area contributed by atoms with Gasteiger partial charge in [-0.15, -0.1) is 0 Å². The molecule has 0 saturated heterocycles. The van der Waals surface area contributed by atoms with E-state index in [1.165, 1.54) is 24.3 Å². The fourth-order valence-electron chi connectivity index (χ4n) is 2.07. The molecule has 3 rings (SSSR count). The van der Waals surface area contributed by atoms with Gasteiger partial charge in [0, 0.05) is 11.3 Å². The van der Waals surface area contributed by atoms with Crippen LogP contribution in [-0.2, 0) is 10.1 Å². The smallest absolute Gasteiger partial charge is 0.340 e. The molecule has 0 spiro atoms. The van der Waals surface area contributed by atoms with Gasteiger partial charge in [0.15, 0.2) is 0 Å². The topological polar surface area (TPSA) is 85.4 Å². The van der Waals surface area contributed by atoms with Crippen molar-refractivity contribution in [1.29, 1.82) is 0 Å². The normalized spacial score (nSPS) is 11.0. The highest BCUT2D eigenvalue weighted by Crippen LogP contribution is 2.21. The van der Waals surface area contributed by atoms with Crippen LogP contribution >= 0.6 is 11.6 Å². The van der Waals surface area contributed by atoms with E-state index in [1.54, 1.807) is 36.4 Å². The molecule has 0 aliphatic carbocycles. The van der Waals surface area contributed by atoms with Crippen LogP contribution in [0.25, 0.3) is 0 Å². The first-order valence-corrected chi connectivity index (χ1v) is 9.25. The van der Waals surface area contributed by atoms with Crippen LogP contribution in [0, 0.1) is 0 Å².